The maximum atomic E-state index is 11.2. The quantitative estimate of drug-likeness (QED) is 0.650. The number of nitro groups is 1. The van der Waals surface area contributed by atoms with Crippen molar-refractivity contribution in [3.05, 3.63) is 69.3 Å². The van der Waals surface area contributed by atoms with Crippen LogP contribution in [0, 0.1) is 17.0 Å². The largest absolute Gasteiger partial charge is 0.478 e. The highest BCUT2D eigenvalue weighted by molar-refractivity contribution is 5.94. The van der Waals surface area contributed by atoms with E-state index in [1.54, 1.807) is 24.3 Å². The van der Waals surface area contributed by atoms with E-state index in [1.807, 2.05) is 13.0 Å². The van der Waals surface area contributed by atoms with Crippen molar-refractivity contribution in [2.24, 2.45) is 0 Å². The van der Waals surface area contributed by atoms with Crippen molar-refractivity contribution in [1.82, 2.24) is 0 Å². The molecule has 0 radical (unpaired) electrons. The van der Waals surface area contributed by atoms with Crippen molar-refractivity contribution in [2.45, 2.75) is 13.5 Å². The van der Waals surface area contributed by atoms with Crippen LogP contribution in [0.5, 0.6) is 0 Å². The first-order chi connectivity index (χ1) is 9.97. The van der Waals surface area contributed by atoms with Crippen LogP contribution in [-0.2, 0) is 6.54 Å². The van der Waals surface area contributed by atoms with Gasteiger partial charge in [0.15, 0.2) is 0 Å². The van der Waals surface area contributed by atoms with E-state index in [0.29, 0.717) is 12.2 Å². The van der Waals surface area contributed by atoms with E-state index in [-0.39, 0.29) is 11.3 Å². The normalized spacial score (nSPS) is 10.1. The van der Waals surface area contributed by atoms with Gasteiger partial charge in [-0.05, 0) is 24.6 Å². The first kappa shape index (κ1) is 14.5. The zero-order valence-electron chi connectivity index (χ0n) is 11.4. The molecule has 108 valence electrons. The lowest BCUT2D eigenvalue weighted by molar-refractivity contribution is -0.384. The predicted octanol–water partition coefficient (Wildman–Crippen LogP) is 3.21. The van der Waals surface area contributed by atoms with Gasteiger partial charge >= 0.3 is 5.97 Å². The Balaban J connectivity index is 2.13. The van der Waals surface area contributed by atoms with Gasteiger partial charge < -0.3 is 10.4 Å². The summed E-state index contributed by atoms with van der Waals surface area (Å²) in [6.07, 6.45) is 0. The molecule has 0 saturated carbocycles. The Morgan fingerprint density at radius 1 is 1.24 bits per heavy atom. The number of benzene rings is 2. The van der Waals surface area contributed by atoms with Gasteiger partial charge in [0.05, 0.1) is 10.5 Å². The first-order valence-corrected chi connectivity index (χ1v) is 6.28. The second-order valence-electron chi connectivity index (χ2n) is 4.63. The summed E-state index contributed by atoms with van der Waals surface area (Å²) in [5.74, 6) is -0.995. The molecule has 6 heteroatoms. The molecular weight excluding hydrogens is 272 g/mol. The molecular formula is C15H14N2O4. The fourth-order valence-corrected chi connectivity index (χ4v) is 1.92. The standard InChI is InChI=1S/C15H14N2O4/c1-10-2-7-14(13(8-10)15(18)19)16-9-11-3-5-12(6-4-11)17(20)21/h2-8,16H,9H2,1H3,(H,18,19). The summed E-state index contributed by atoms with van der Waals surface area (Å²) in [4.78, 5) is 21.3. The van der Waals surface area contributed by atoms with Crippen LogP contribution in [0.15, 0.2) is 42.5 Å². The average molecular weight is 286 g/mol. The van der Waals surface area contributed by atoms with Crippen LogP contribution in [0.3, 0.4) is 0 Å². The molecule has 2 N–H and O–H groups in total. The summed E-state index contributed by atoms with van der Waals surface area (Å²) < 4.78 is 0. The van der Waals surface area contributed by atoms with Crippen molar-refractivity contribution < 1.29 is 14.8 Å². The fourth-order valence-electron chi connectivity index (χ4n) is 1.92. The number of carboxylic acids is 1. The number of nitro benzene ring substituents is 1. The van der Waals surface area contributed by atoms with Crippen molar-refractivity contribution >= 4 is 17.3 Å². The van der Waals surface area contributed by atoms with E-state index < -0.39 is 10.9 Å². The summed E-state index contributed by atoms with van der Waals surface area (Å²) in [5, 5.41) is 22.8. The van der Waals surface area contributed by atoms with Crippen molar-refractivity contribution in [1.29, 1.82) is 0 Å². The van der Waals surface area contributed by atoms with Gasteiger partial charge in [0.25, 0.3) is 5.69 Å². The molecule has 2 rings (SSSR count). The minimum Gasteiger partial charge on any atom is -0.478 e. The minimum absolute atomic E-state index is 0.0281. The predicted molar refractivity (Wildman–Crippen MR) is 78.6 cm³/mol. The lowest BCUT2D eigenvalue weighted by Crippen LogP contribution is -2.06. The molecule has 0 atom stereocenters. The van der Waals surface area contributed by atoms with Gasteiger partial charge in [-0.3, -0.25) is 10.1 Å². The molecule has 21 heavy (non-hydrogen) atoms. The van der Waals surface area contributed by atoms with Crippen LogP contribution in [0.4, 0.5) is 11.4 Å². The number of nitrogens with zero attached hydrogens (tertiary/aromatic N) is 1. The second-order valence-corrected chi connectivity index (χ2v) is 4.63. The SMILES string of the molecule is Cc1ccc(NCc2ccc([N+](=O)[O-])cc2)c(C(=O)O)c1. The summed E-state index contributed by atoms with van der Waals surface area (Å²) in [6.45, 7) is 2.22. The van der Waals surface area contributed by atoms with Crippen molar-refractivity contribution in [3.8, 4) is 0 Å². The zero-order valence-corrected chi connectivity index (χ0v) is 11.4. The van der Waals surface area contributed by atoms with Crippen LogP contribution in [-0.4, -0.2) is 16.0 Å². The average Bonchev–Trinajstić information content (AvgIpc) is 2.46. The summed E-state index contributed by atoms with van der Waals surface area (Å²) in [5.41, 5.74) is 2.45. The number of carbonyl (C=O) groups is 1. The number of nitrogens with one attached hydrogen (secondary N) is 1. The Morgan fingerprint density at radius 3 is 2.48 bits per heavy atom. The molecule has 0 heterocycles. The smallest absolute Gasteiger partial charge is 0.337 e. The van der Waals surface area contributed by atoms with Gasteiger partial charge in [-0.1, -0.05) is 23.8 Å². The third kappa shape index (κ3) is 3.56. The fraction of sp³-hybridized carbons (Fsp3) is 0.133. The Morgan fingerprint density at radius 2 is 1.90 bits per heavy atom. The van der Waals surface area contributed by atoms with E-state index in [2.05, 4.69) is 5.32 Å². The summed E-state index contributed by atoms with van der Waals surface area (Å²) >= 11 is 0. The molecule has 0 unspecified atom stereocenters. The Labute approximate surface area is 121 Å². The number of hydrogen-bond acceptors (Lipinski definition) is 4. The molecule has 0 aliphatic carbocycles. The monoisotopic (exact) mass is 286 g/mol. The summed E-state index contributed by atoms with van der Waals surface area (Å²) in [7, 11) is 0. The summed E-state index contributed by atoms with van der Waals surface area (Å²) in [6, 6.07) is 11.3. The molecule has 0 aliphatic rings. The van der Waals surface area contributed by atoms with Crippen LogP contribution < -0.4 is 5.32 Å². The third-order valence-electron chi connectivity index (χ3n) is 3.04. The van der Waals surface area contributed by atoms with Gasteiger partial charge in [-0.25, -0.2) is 4.79 Å². The number of aromatic carboxylic acids is 1. The molecule has 6 nitrogen and oxygen atoms in total. The van der Waals surface area contributed by atoms with E-state index in [0.717, 1.165) is 11.1 Å². The highest BCUT2D eigenvalue weighted by Crippen LogP contribution is 2.19. The lowest BCUT2D eigenvalue weighted by Gasteiger charge is -2.10. The molecule has 0 aliphatic heterocycles. The number of non-ortho nitro benzene ring substituents is 1. The molecule has 0 fully saturated rings. The van der Waals surface area contributed by atoms with E-state index in [9.17, 15) is 14.9 Å². The molecule has 0 spiro atoms. The molecule has 0 aromatic heterocycles. The van der Waals surface area contributed by atoms with Crippen LogP contribution >= 0.6 is 0 Å². The highest BCUT2D eigenvalue weighted by atomic mass is 16.6. The first-order valence-electron chi connectivity index (χ1n) is 6.28. The molecule has 0 amide bonds. The van der Waals surface area contributed by atoms with Gasteiger partial charge in [0.2, 0.25) is 0 Å². The highest BCUT2D eigenvalue weighted by Gasteiger charge is 2.10. The zero-order chi connectivity index (χ0) is 15.4. The van der Waals surface area contributed by atoms with Gasteiger partial charge in [0, 0.05) is 24.4 Å². The van der Waals surface area contributed by atoms with Crippen LogP contribution in [0.1, 0.15) is 21.5 Å². The maximum absolute atomic E-state index is 11.2. The number of hydrogen-bond donors (Lipinski definition) is 2. The van der Waals surface area contributed by atoms with E-state index in [1.165, 1.54) is 12.1 Å². The Bertz CT molecular complexity index is 681. The second kappa shape index (κ2) is 6.04. The van der Waals surface area contributed by atoms with Gasteiger partial charge in [-0.2, -0.15) is 0 Å². The number of rotatable bonds is 5. The minimum atomic E-state index is -0.995. The van der Waals surface area contributed by atoms with Gasteiger partial charge in [-0.15, -0.1) is 0 Å². The lowest BCUT2D eigenvalue weighted by atomic mass is 10.1. The molecule has 0 bridgehead atoms. The van der Waals surface area contributed by atoms with E-state index >= 15 is 0 Å². The number of carboxylic acid groups (broad SMARTS) is 1. The molecule has 2 aromatic carbocycles. The Hall–Kier alpha value is -2.89. The molecule has 0 saturated heterocycles. The third-order valence-corrected chi connectivity index (χ3v) is 3.04. The van der Waals surface area contributed by atoms with Crippen LogP contribution in [0.25, 0.3) is 0 Å². The maximum Gasteiger partial charge on any atom is 0.337 e. The van der Waals surface area contributed by atoms with E-state index in [4.69, 9.17) is 5.11 Å². The Kier molecular flexibility index (Phi) is 4.18. The topological polar surface area (TPSA) is 92.5 Å². The van der Waals surface area contributed by atoms with Crippen molar-refractivity contribution in [2.75, 3.05) is 5.32 Å². The molecule has 2 aromatic rings. The van der Waals surface area contributed by atoms with Gasteiger partial charge in [0.1, 0.15) is 0 Å². The van der Waals surface area contributed by atoms with Crippen molar-refractivity contribution in [3.63, 3.8) is 0 Å². The number of anilines is 1. The number of aryl methyl sites for hydroxylation is 1. The van der Waals surface area contributed by atoms with Crippen LogP contribution in [0.2, 0.25) is 0 Å².